The van der Waals surface area contributed by atoms with Crippen LogP contribution in [0.15, 0.2) is 41.2 Å². The van der Waals surface area contributed by atoms with E-state index in [4.69, 9.17) is 0 Å². The molecule has 2 aromatic rings. The molecule has 1 heterocycles. The minimum Gasteiger partial charge on any atom is -0.289 e. The molecule has 76 valence electrons. The molecule has 0 spiro atoms. The van der Waals surface area contributed by atoms with E-state index in [1.54, 1.807) is 6.08 Å². The molecule has 0 fully saturated rings. The van der Waals surface area contributed by atoms with E-state index in [0.29, 0.717) is 5.82 Å². The lowest BCUT2D eigenvalue weighted by Gasteiger charge is -1.96. The minimum absolute atomic E-state index is 0.227. The summed E-state index contributed by atoms with van der Waals surface area (Å²) in [5.74, 6) is 0.561. The number of allylic oxidation sites excluding steroid dienone is 1. The van der Waals surface area contributed by atoms with Crippen LogP contribution in [0.5, 0.6) is 0 Å². The fourth-order valence-corrected chi connectivity index (χ4v) is 1.32. The van der Waals surface area contributed by atoms with E-state index in [9.17, 15) is 4.79 Å². The number of nitrogens with zero attached hydrogens (tertiary/aromatic N) is 2. The van der Waals surface area contributed by atoms with Crippen molar-refractivity contribution in [2.75, 3.05) is 0 Å². The van der Waals surface area contributed by atoms with Gasteiger partial charge < -0.3 is 0 Å². The van der Waals surface area contributed by atoms with Gasteiger partial charge in [-0.25, -0.2) is 4.79 Å². The van der Waals surface area contributed by atoms with Crippen LogP contribution < -0.4 is 5.69 Å². The first-order chi connectivity index (χ1) is 7.31. The van der Waals surface area contributed by atoms with Gasteiger partial charge in [-0.15, -0.1) is 5.10 Å². The monoisotopic (exact) mass is 201 g/mol. The molecule has 0 unspecified atom stereocenters. The van der Waals surface area contributed by atoms with Crippen LogP contribution in [0.2, 0.25) is 0 Å². The highest BCUT2D eigenvalue weighted by Gasteiger charge is 2.03. The summed E-state index contributed by atoms with van der Waals surface area (Å²) in [6.45, 7) is 1.87. The summed E-state index contributed by atoms with van der Waals surface area (Å²) in [6.07, 6.45) is 3.58. The summed E-state index contributed by atoms with van der Waals surface area (Å²) < 4.78 is 1.34. The number of aromatic amines is 1. The molecule has 0 aliphatic heterocycles. The van der Waals surface area contributed by atoms with Gasteiger partial charge in [0.2, 0.25) is 0 Å². The number of para-hydroxylation sites is 1. The maximum atomic E-state index is 11.5. The molecule has 1 aromatic heterocycles. The molecule has 4 heteroatoms. The van der Waals surface area contributed by atoms with Crippen LogP contribution in [0.3, 0.4) is 0 Å². The van der Waals surface area contributed by atoms with Gasteiger partial charge in [-0.05, 0) is 25.1 Å². The summed E-state index contributed by atoms with van der Waals surface area (Å²) in [6, 6.07) is 9.30. The fraction of sp³-hybridized carbons (Fsp3) is 0.0909. The maximum Gasteiger partial charge on any atom is 0.348 e. The molecule has 0 saturated carbocycles. The lowest BCUT2D eigenvalue weighted by molar-refractivity contribution is 0.840. The zero-order valence-electron chi connectivity index (χ0n) is 8.34. The molecular weight excluding hydrogens is 190 g/mol. The quantitative estimate of drug-likeness (QED) is 0.802. The summed E-state index contributed by atoms with van der Waals surface area (Å²) in [7, 11) is 0. The SMILES string of the molecule is C/C=C/c1nn(-c2ccccc2)c(=O)[nH]1. The summed E-state index contributed by atoms with van der Waals surface area (Å²) >= 11 is 0. The van der Waals surface area contributed by atoms with E-state index < -0.39 is 0 Å². The zero-order valence-corrected chi connectivity index (χ0v) is 8.34. The molecule has 0 bridgehead atoms. The Morgan fingerprint density at radius 3 is 2.73 bits per heavy atom. The average Bonchev–Trinajstić information content (AvgIpc) is 2.61. The van der Waals surface area contributed by atoms with Crippen LogP contribution in [-0.2, 0) is 0 Å². The number of aromatic nitrogens is 3. The van der Waals surface area contributed by atoms with Crippen molar-refractivity contribution < 1.29 is 0 Å². The minimum atomic E-state index is -0.227. The van der Waals surface area contributed by atoms with Crippen LogP contribution in [0.4, 0.5) is 0 Å². The topological polar surface area (TPSA) is 50.7 Å². The highest BCUT2D eigenvalue weighted by molar-refractivity contribution is 5.39. The number of H-pyrrole nitrogens is 1. The number of nitrogens with one attached hydrogen (secondary N) is 1. The molecule has 15 heavy (non-hydrogen) atoms. The number of hydrogen-bond acceptors (Lipinski definition) is 2. The number of rotatable bonds is 2. The van der Waals surface area contributed by atoms with Crippen LogP contribution in [0.1, 0.15) is 12.7 Å². The summed E-state index contributed by atoms with van der Waals surface area (Å²) in [5, 5.41) is 4.13. The van der Waals surface area contributed by atoms with Gasteiger partial charge in [-0.2, -0.15) is 4.68 Å². The Labute approximate surface area is 86.9 Å². The van der Waals surface area contributed by atoms with Gasteiger partial charge in [0.15, 0.2) is 5.82 Å². The second-order valence-corrected chi connectivity index (χ2v) is 3.06. The van der Waals surface area contributed by atoms with Crippen molar-refractivity contribution in [2.45, 2.75) is 6.92 Å². The molecule has 0 saturated heterocycles. The van der Waals surface area contributed by atoms with Gasteiger partial charge in [-0.1, -0.05) is 24.3 Å². The van der Waals surface area contributed by atoms with Gasteiger partial charge >= 0.3 is 5.69 Å². The first kappa shape index (κ1) is 9.45. The molecule has 4 nitrogen and oxygen atoms in total. The maximum absolute atomic E-state index is 11.5. The first-order valence-corrected chi connectivity index (χ1v) is 4.68. The second kappa shape index (κ2) is 3.96. The lowest BCUT2D eigenvalue weighted by atomic mass is 10.3. The first-order valence-electron chi connectivity index (χ1n) is 4.68. The van der Waals surface area contributed by atoms with Crippen LogP contribution in [0, 0.1) is 0 Å². The third kappa shape index (κ3) is 1.88. The van der Waals surface area contributed by atoms with Gasteiger partial charge in [0.1, 0.15) is 0 Å². The smallest absolute Gasteiger partial charge is 0.289 e. The Morgan fingerprint density at radius 1 is 1.33 bits per heavy atom. The molecule has 1 N–H and O–H groups in total. The van der Waals surface area contributed by atoms with E-state index >= 15 is 0 Å². The van der Waals surface area contributed by atoms with E-state index in [0.717, 1.165) is 5.69 Å². The van der Waals surface area contributed by atoms with E-state index in [2.05, 4.69) is 10.1 Å². The van der Waals surface area contributed by atoms with Gasteiger partial charge in [0.05, 0.1) is 5.69 Å². The molecule has 0 amide bonds. The van der Waals surface area contributed by atoms with Crippen molar-refractivity contribution in [3.8, 4) is 5.69 Å². The zero-order chi connectivity index (χ0) is 10.7. The van der Waals surface area contributed by atoms with Crippen molar-refractivity contribution in [1.29, 1.82) is 0 Å². The van der Waals surface area contributed by atoms with Crippen LogP contribution in [0.25, 0.3) is 11.8 Å². The number of benzene rings is 1. The normalized spacial score (nSPS) is 11.0. The Bertz CT molecular complexity index is 522. The Hall–Kier alpha value is -2.10. The summed E-state index contributed by atoms with van der Waals surface area (Å²) in [5.41, 5.74) is 0.531. The van der Waals surface area contributed by atoms with Crippen molar-refractivity contribution in [3.05, 3.63) is 52.7 Å². The molecule has 1 aromatic carbocycles. The van der Waals surface area contributed by atoms with Crippen molar-refractivity contribution in [1.82, 2.24) is 14.8 Å². The average molecular weight is 201 g/mol. The Balaban J connectivity index is 2.50. The fourth-order valence-electron chi connectivity index (χ4n) is 1.32. The second-order valence-electron chi connectivity index (χ2n) is 3.06. The molecule has 2 rings (SSSR count). The summed E-state index contributed by atoms with van der Waals surface area (Å²) in [4.78, 5) is 14.2. The molecule has 0 aliphatic rings. The van der Waals surface area contributed by atoms with Gasteiger partial charge in [0, 0.05) is 0 Å². The highest BCUT2D eigenvalue weighted by atomic mass is 16.1. The molecule has 0 atom stereocenters. The third-order valence-corrected chi connectivity index (χ3v) is 1.96. The predicted octanol–water partition coefficient (Wildman–Crippen LogP) is 1.59. The van der Waals surface area contributed by atoms with Crippen molar-refractivity contribution >= 4 is 6.08 Å². The van der Waals surface area contributed by atoms with E-state index in [-0.39, 0.29) is 5.69 Å². The van der Waals surface area contributed by atoms with E-state index in [1.807, 2.05) is 43.3 Å². The van der Waals surface area contributed by atoms with Crippen molar-refractivity contribution in [2.24, 2.45) is 0 Å². The standard InChI is InChI=1S/C11H11N3O/c1-2-6-10-12-11(15)14(13-10)9-7-4-3-5-8-9/h2-8H,1H3,(H,12,13,15)/b6-2+. The number of hydrogen-bond donors (Lipinski definition) is 1. The van der Waals surface area contributed by atoms with E-state index in [1.165, 1.54) is 4.68 Å². The lowest BCUT2D eigenvalue weighted by Crippen LogP contribution is -2.15. The molecule has 0 radical (unpaired) electrons. The highest BCUT2D eigenvalue weighted by Crippen LogP contribution is 2.02. The Morgan fingerprint density at radius 2 is 2.07 bits per heavy atom. The third-order valence-electron chi connectivity index (χ3n) is 1.96. The largest absolute Gasteiger partial charge is 0.348 e. The van der Waals surface area contributed by atoms with Gasteiger partial charge in [0.25, 0.3) is 0 Å². The Kier molecular flexibility index (Phi) is 2.49. The van der Waals surface area contributed by atoms with Crippen LogP contribution >= 0.6 is 0 Å². The molecule has 0 aliphatic carbocycles. The van der Waals surface area contributed by atoms with Crippen LogP contribution in [-0.4, -0.2) is 14.8 Å². The predicted molar refractivity (Wildman–Crippen MR) is 58.9 cm³/mol. The van der Waals surface area contributed by atoms with Gasteiger partial charge in [-0.3, -0.25) is 4.98 Å². The van der Waals surface area contributed by atoms with Crippen molar-refractivity contribution in [3.63, 3.8) is 0 Å². The molecular formula is C11H11N3O.